The number of aryl methyl sites for hydroxylation is 1. The van der Waals surface area contributed by atoms with Crippen molar-refractivity contribution in [2.45, 2.75) is 6.92 Å². The molecular formula is C13H12BrN3S. The monoisotopic (exact) mass is 321 g/mol. The lowest BCUT2D eigenvalue weighted by atomic mass is 10.2. The molecule has 0 spiro atoms. The molecule has 1 aromatic carbocycles. The van der Waals surface area contributed by atoms with E-state index in [4.69, 9.17) is 18.0 Å². The van der Waals surface area contributed by atoms with Gasteiger partial charge in [0.15, 0.2) is 0 Å². The van der Waals surface area contributed by atoms with Gasteiger partial charge in [-0.1, -0.05) is 28.1 Å². The van der Waals surface area contributed by atoms with Gasteiger partial charge in [0.2, 0.25) is 0 Å². The summed E-state index contributed by atoms with van der Waals surface area (Å²) in [6.07, 6.45) is 1.70. The largest absolute Gasteiger partial charge is 0.389 e. The summed E-state index contributed by atoms with van der Waals surface area (Å²) in [4.78, 5) is 4.59. The molecule has 92 valence electrons. The Morgan fingerprint density at radius 3 is 2.83 bits per heavy atom. The van der Waals surface area contributed by atoms with Crippen LogP contribution in [0.3, 0.4) is 0 Å². The number of nitrogens with zero attached hydrogens (tertiary/aromatic N) is 1. The summed E-state index contributed by atoms with van der Waals surface area (Å²) in [7, 11) is 0. The lowest BCUT2D eigenvalue weighted by Gasteiger charge is -2.10. The maximum absolute atomic E-state index is 5.67. The van der Waals surface area contributed by atoms with Crippen molar-refractivity contribution in [3.63, 3.8) is 0 Å². The molecule has 18 heavy (non-hydrogen) atoms. The van der Waals surface area contributed by atoms with Crippen molar-refractivity contribution >= 4 is 44.6 Å². The van der Waals surface area contributed by atoms with Crippen LogP contribution >= 0.6 is 28.1 Å². The Hall–Kier alpha value is -1.46. The first-order chi connectivity index (χ1) is 8.58. The van der Waals surface area contributed by atoms with Gasteiger partial charge in [-0.3, -0.25) is 0 Å². The van der Waals surface area contributed by atoms with Gasteiger partial charge in [-0.15, -0.1) is 0 Å². The summed E-state index contributed by atoms with van der Waals surface area (Å²) >= 11 is 8.47. The maximum Gasteiger partial charge on any atom is 0.140 e. The zero-order chi connectivity index (χ0) is 13.1. The smallest absolute Gasteiger partial charge is 0.140 e. The van der Waals surface area contributed by atoms with Crippen LogP contribution in [0, 0.1) is 6.92 Å². The third kappa shape index (κ3) is 2.86. The number of hydrogen-bond acceptors (Lipinski definition) is 3. The zero-order valence-electron chi connectivity index (χ0n) is 9.77. The lowest BCUT2D eigenvalue weighted by Crippen LogP contribution is -2.12. The van der Waals surface area contributed by atoms with E-state index in [9.17, 15) is 0 Å². The second-order valence-electron chi connectivity index (χ2n) is 3.85. The van der Waals surface area contributed by atoms with Crippen LogP contribution in [0.25, 0.3) is 0 Å². The van der Waals surface area contributed by atoms with Crippen LogP contribution in [0.2, 0.25) is 0 Å². The Morgan fingerprint density at radius 2 is 2.17 bits per heavy atom. The highest BCUT2D eigenvalue weighted by molar-refractivity contribution is 9.10. The fraction of sp³-hybridized carbons (Fsp3) is 0.0769. The van der Waals surface area contributed by atoms with E-state index in [0.29, 0.717) is 10.8 Å². The van der Waals surface area contributed by atoms with E-state index in [1.165, 1.54) is 0 Å². The predicted molar refractivity (Wildman–Crippen MR) is 82.3 cm³/mol. The van der Waals surface area contributed by atoms with Gasteiger partial charge < -0.3 is 11.1 Å². The first-order valence-electron chi connectivity index (χ1n) is 5.36. The van der Waals surface area contributed by atoms with E-state index in [-0.39, 0.29) is 0 Å². The van der Waals surface area contributed by atoms with Gasteiger partial charge in [0, 0.05) is 16.4 Å². The highest BCUT2D eigenvalue weighted by Crippen LogP contribution is 2.23. The summed E-state index contributed by atoms with van der Waals surface area (Å²) in [6, 6.07) is 9.65. The van der Waals surface area contributed by atoms with Gasteiger partial charge in [0.1, 0.15) is 10.8 Å². The van der Waals surface area contributed by atoms with Crippen LogP contribution in [0.4, 0.5) is 11.5 Å². The number of nitrogens with two attached hydrogens (primary N) is 1. The summed E-state index contributed by atoms with van der Waals surface area (Å²) in [5.41, 5.74) is 8.51. The summed E-state index contributed by atoms with van der Waals surface area (Å²) in [6.45, 7) is 2.03. The van der Waals surface area contributed by atoms with Gasteiger partial charge in [-0.25, -0.2) is 4.98 Å². The van der Waals surface area contributed by atoms with Crippen LogP contribution in [0.5, 0.6) is 0 Å². The highest BCUT2D eigenvalue weighted by Gasteiger charge is 2.06. The van der Waals surface area contributed by atoms with Crippen molar-refractivity contribution < 1.29 is 0 Å². The topological polar surface area (TPSA) is 50.9 Å². The maximum atomic E-state index is 5.67. The van der Waals surface area contributed by atoms with Crippen molar-refractivity contribution in [1.82, 2.24) is 4.98 Å². The highest BCUT2D eigenvalue weighted by atomic mass is 79.9. The minimum Gasteiger partial charge on any atom is -0.389 e. The average molecular weight is 322 g/mol. The van der Waals surface area contributed by atoms with Crippen LogP contribution < -0.4 is 11.1 Å². The molecule has 1 heterocycles. The molecule has 0 radical (unpaired) electrons. The minimum absolute atomic E-state index is 0.333. The van der Waals surface area contributed by atoms with Gasteiger partial charge in [-0.2, -0.15) is 0 Å². The van der Waals surface area contributed by atoms with Crippen molar-refractivity contribution in [2.75, 3.05) is 5.32 Å². The summed E-state index contributed by atoms with van der Waals surface area (Å²) in [5.74, 6) is 0.673. The molecule has 3 N–H and O–H groups in total. The van der Waals surface area contributed by atoms with E-state index in [2.05, 4.69) is 26.2 Å². The molecule has 0 bridgehead atoms. The number of nitrogens with one attached hydrogen (secondary N) is 1. The van der Waals surface area contributed by atoms with Gasteiger partial charge in [0.25, 0.3) is 0 Å². The average Bonchev–Trinajstić information content (AvgIpc) is 2.34. The molecule has 0 saturated carbocycles. The molecule has 1 aromatic heterocycles. The molecule has 0 amide bonds. The fourth-order valence-electron chi connectivity index (χ4n) is 1.56. The van der Waals surface area contributed by atoms with Crippen LogP contribution in [0.1, 0.15) is 11.1 Å². The van der Waals surface area contributed by atoms with Crippen molar-refractivity contribution in [1.29, 1.82) is 0 Å². The first-order valence-corrected chi connectivity index (χ1v) is 6.56. The number of halogens is 1. The molecule has 2 aromatic rings. The number of benzene rings is 1. The molecule has 5 heteroatoms. The minimum atomic E-state index is 0.333. The third-order valence-corrected chi connectivity index (χ3v) is 3.60. The van der Waals surface area contributed by atoms with Crippen LogP contribution in [-0.4, -0.2) is 9.97 Å². The molecule has 2 rings (SSSR count). The molecular weight excluding hydrogens is 310 g/mol. The van der Waals surface area contributed by atoms with Crippen molar-refractivity contribution in [2.24, 2.45) is 5.73 Å². The van der Waals surface area contributed by atoms with Gasteiger partial charge >= 0.3 is 0 Å². The summed E-state index contributed by atoms with van der Waals surface area (Å²) in [5, 5.41) is 3.22. The molecule has 0 aliphatic heterocycles. The van der Waals surface area contributed by atoms with E-state index in [1.807, 2.05) is 37.3 Å². The number of anilines is 2. The molecule has 3 nitrogen and oxygen atoms in total. The predicted octanol–water partition coefficient (Wildman–Crippen LogP) is 3.53. The molecule has 0 aliphatic carbocycles. The quantitative estimate of drug-likeness (QED) is 0.849. The normalized spacial score (nSPS) is 10.1. The van der Waals surface area contributed by atoms with Gasteiger partial charge in [-0.05, 0) is 42.8 Å². The van der Waals surface area contributed by atoms with Crippen LogP contribution in [0.15, 0.2) is 41.0 Å². The second kappa shape index (κ2) is 5.46. The van der Waals surface area contributed by atoms with Crippen molar-refractivity contribution in [3.05, 3.63) is 52.1 Å². The zero-order valence-corrected chi connectivity index (χ0v) is 12.2. The SMILES string of the molecule is Cc1cc(Nc2ncccc2C(N)=S)ccc1Br. The fourth-order valence-corrected chi connectivity index (χ4v) is 1.97. The molecule has 0 fully saturated rings. The van der Waals surface area contributed by atoms with Gasteiger partial charge in [0.05, 0.1) is 5.56 Å². The Morgan fingerprint density at radius 1 is 1.39 bits per heavy atom. The molecule has 0 saturated heterocycles. The van der Waals surface area contributed by atoms with Crippen molar-refractivity contribution in [3.8, 4) is 0 Å². The lowest BCUT2D eigenvalue weighted by molar-refractivity contribution is 1.29. The number of aromatic nitrogens is 1. The Kier molecular flexibility index (Phi) is 3.93. The molecule has 0 aliphatic rings. The number of pyridine rings is 1. The third-order valence-electron chi connectivity index (χ3n) is 2.49. The second-order valence-corrected chi connectivity index (χ2v) is 5.15. The molecule has 0 unspecified atom stereocenters. The Bertz CT molecular complexity index is 599. The van der Waals surface area contributed by atoms with E-state index < -0.39 is 0 Å². The number of thiocarbonyl (C=S) groups is 1. The van der Waals surface area contributed by atoms with Crippen LogP contribution in [-0.2, 0) is 0 Å². The first kappa shape index (κ1) is 13.0. The Balaban J connectivity index is 2.34. The van der Waals surface area contributed by atoms with E-state index >= 15 is 0 Å². The standard InChI is InChI=1S/C13H12BrN3S/c1-8-7-9(4-5-11(8)14)17-13-10(12(15)18)3-2-6-16-13/h2-7H,1H3,(H2,15,18)(H,16,17). The number of rotatable bonds is 3. The molecule has 0 atom stereocenters. The van der Waals surface area contributed by atoms with E-state index in [0.717, 1.165) is 21.3 Å². The number of hydrogen-bond donors (Lipinski definition) is 2. The summed E-state index contributed by atoms with van der Waals surface area (Å²) < 4.78 is 1.07. The van der Waals surface area contributed by atoms with E-state index in [1.54, 1.807) is 6.20 Å². The Labute approximate surface area is 120 Å².